The van der Waals surface area contributed by atoms with Gasteiger partial charge in [-0.2, -0.15) is 12.6 Å². The van der Waals surface area contributed by atoms with Crippen molar-refractivity contribution >= 4 is 24.2 Å². The van der Waals surface area contributed by atoms with Crippen molar-refractivity contribution < 1.29 is 4.74 Å². The van der Waals surface area contributed by atoms with E-state index in [1.807, 2.05) is 0 Å². The van der Waals surface area contributed by atoms with Crippen molar-refractivity contribution in [3.8, 4) is 5.75 Å². The first-order valence-electron chi connectivity index (χ1n) is 3.65. The van der Waals surface area contributed by atoms with E-state index in [-0.39, 0.29) is 5.90 Å². The second-order valence-corrected chi connectivity index (χ2v) is 2.65. The molecule has 1 aromatic rings. The van der Waals surface area contributed by atoms with Crippen LogP contribution >= 0.6 is 12.6 Å². The van der Waals surface area contributed by atoms with Crippen LogP contribution < -0.4 is 10.5 Å². The SMILES string of the molecule is N=C(/C=C\S)Oc1ccc(N)cc1. The van der Waals surface area contributed by atoms with Gasteiger partial charge in [-0.3, -0.25) is 5.41 Å². The summed E-state index contributed by atoms with van der Waals surface area (Å²) >= 11 is 3.82. The van der Waals surface area contributed by atoms with Gasteiger partial charge in [0.15, 0.2) is 0 Å². The summed E-state index contributed by atoms with van der Waals surface area (Å²) in [5.74, 6) is 0.630. The molecule has 0 saturated carbocycles. The molecule has 1 aromatic carbocycles. The van der Waals surface area contributed by atoms with Gasteiger partial charge in [-0.25, -0.2) is 0 Å². The molecular weight excluding hydrogens is 184 g/mol. The van der Waals surface area contributed by atoms with Gasteiger partial charge in [0.2, 0.25) is 5.90 Å². The molecule has 3 nitrogen and oxygen atoms in total. The van der Waals surface area contributed by atoms with Crippen molar-refractivity contribution in [2.24, 2.45) is 0 Å². The molecule has 0 saturated heterocycles. The van der Waals surface area contributed by atoms with Crippen LogP contribution in [0.25, 0.3) is 0 Å². The number of nitrogens with two attached hydrogens (primary N) is 1. The number of anilines is 1. The second-order valence-electron chi connectivity index (χ2n) is 2.35. The highest BCUT2D eigenvalue weighted by molar-refractivity contribution is 7.83. The van der Waals surface area contributed by atoms with E-state index in [1.54, 1.807) is 24.3 Å². The molecule has 68 valence electrons. The molecule has 0 aliphatic heterocycles. The minimum Gasteiger partial charge on any atom is -0.440 e. The summed E-state index contributed by atoms with van der Waals surface area (Å²) in [6, 6.07) is 6.84. The van der Waals surface area contributed by atoms with E-state index in [1.165, 1.54) is 11.5 Å². The van der Waals surface area contributed by atoms with Crippen molar-refractivity contribution in [1.29, 1.82) is 5.41 Å². The van der Waals surface area contributed by atoms with Gasteiger partial charge in [0.1, 0.15) is 5.75 Å². The lowest BCUT2D eigenvalue weighted by Crippen LogP contribution is -2.02. The lowest BCUT2D eigenvalue weighted by Gasteiger charge is -2.02. The van der Waals surface area contributed by atoms with Gasteiger partial charge in [-0.15, -0.1) is 0 Å². The molecule has 0 amide bonds. The van der Waals surface area contributed by atoms with Gasteiger partial charge in [-0.05, 0) is 29.7 Å². The maximum absolute atomic E-state index is 7.29. The molecule has 3 N–H and O–H groups in total. The molecule has 0 aromatic heterocycles. The van der Waals surface area contributed by atoms with Crippen LogP contribution in [0, 0.1) is 5.41 Å². The van der Waals surface area contributed by atoms with E-state index < -0.39 is 0 Å². The molecular formula is C9H10N2OS. The molecule has 0 spiro atoms. The predicted octanol–water partition coefficient (Wildman–Crippen LogP) is 2.07. The first-order chi connectivity index (χ1) is 6.22. The average molecular weight is 194 g/mol. The van der Waals surface area contributed by atoms with E-state index >= 15 is 0 Å². The van der Waals surface area contributed by atoms with Crippen molar-refractivity contribution in [3.63, 3.8) is 0 Å². The van der Waals surface area contributed by atoms with Crippen molar-refractivity contribution in [2.45, 2.75) is 0 Å². The minimum atomic E-state index is 0.0415. The monoisotopic (exact) mass is 194 g/mol. The van der Waals surface area contributed by atoms with E-state index in [0.29, 0.717) is 11.4 Å². The van der Waals surface area contributed by atoms with Crippen LogP contribution in [-0.2, 0) is 0 Å². The highest BCUT2D eigenvalue weighted by Gasteiger charge is 1.95. The molecule has 0 unspecified atom stereocenters. The molecule has 0 aliphatic carbocycles. The number of hydrogen-bond acceptors (Lipinski definition) is 4. The molecule has 0 bridgehead atoms. The van der Waals surface area contributed by atoms with E-state index in [9.17, 15) is 0 Å². The van der Waals surface area contributed by atoms with Gasteiger partial charge < -0.3 is 10.5 Å². The average Bonchev–Trinajstić information content (AvgIpc) is 2.09. The van der Waals surface area contributed by atoms with Crippen LogP contribution in [-0.4, -0.2) is 5.90 Å². The van der Waals surface area contributed by atoms with E-state index in [4.69, 9.17) is 15.9 Å². The van der Waals surface area contributed by atoms with Gasteiger partial charge in [-0.1, -0.05) is 0 Å². The molecule has 13 heavy (non-hydrogen) atoms. The number of hydrogen-bond donors (Lipinski definition) is 3. The number of thiol groups is 1. The largest absolute Gasteiger partial charge is 0.440 e. The zero-order chi connectivity index (χ0) is 9.68. The topological polar surface area (TPSA) is 59.1 Å². The second kappa shape index (κ2) is 4.57. The quantitative estimate of drug-likeness (QED) is 0.292. The fraction of sp³-hybridized carbons (Fsp3) is 0. The Bertz CT molecular complexity index is 319. The predicted molar refractivity (Wildman–Crippen MR) is 57.3 cm³/mol. The van der Waals surface area contributed by atoms with Crippen LogP contribution in [0.1, 0.15) is 0 Å². The van der Waals surface area contributed by atoms with E-state index in [0.717, 1.165) is 0 Å². The highest BCUT2D eigenvalue weighted by atomic mass is 32.1. The Morgan fingerprint density at radius 1 is 1.38 bits per heavy atom. The molecule has 0 fully saturated rings. The molecule has 0 atom stereocenters. The zero-order valence-electron chi connectivity index (χ0n) is 6.90. The van der Waals surface area contributed by atoms with Crippen molar-refractivity contribution in [3.05, 3.63) is 35.7 Å². The molecule has 4 heteroatoms. The van der Waals surface area contributed by atoms with Crippen molar-refractivity contribution in [1.82, 2.24) is 0 Å². The lowest BCUT2D eigenvalue weighted by molar-refractivity contribution is 0.551. The molecule has 0 aliphatic rings. The summed E-state index contributed by atoms with van der Waals surface area (Å²) in [7, 11) is 0. The van der Waals surface area contributed by atoms with Gasteiger partial charge in [0.05, 0.1) is 0 Å². The number of rotatable bonds is 2. The van der Waals surface area contributed by atoms with Crippen LogP contribution in [0.5, 0.6) is 5.75 Å². The third-order valence-corrected chi connectivity index (χ3v) is 1.48. The third kappa shape index (κ3) is 3.21. The summed E-state index contributed by atoms with van der Waals surface area (Å²) in [6.07, 6.45) is 1.44. The lowest BCUT2D eigenvalue weighted by atomic mass is 10.3. The van der Waals surface area contributed by atoms with Crippen LogP contribution in [0.3, 0.4) is 0 Å². The first kappa shape index (κ1) is 9.67. The third-order valence-electron chi connectivity index (χ3n) is 1.33. The van der Waals surface area contributed by atoms with E-state index in [2.05, 4.69) is 12.6 Å². The summed E-state index contributed by atoms with van der Waals surface area (Å²) in [5, 5.41) is 8.73. The summed E-state index contributed by atoms with van der Waals surface area (Å²) in [5.41, 5.74) is 6.15. The Balaban J connectivity index is 2.64. The van der Waals surface area contributed by atoms with Gasteiger partial charge >= 0.3 is 0 Å². The first-order valence-corrected chi connectivity index (χ1v) is 4.16. The number of ether oxygens (including phenoxy) is 1. The maximum atomic E-state index is 7.29. The van der Waals surface area contributed by atoms with Crippen LogP contribution in [0.4, 0.5) is 5.69 Å². The smallest absolute Gasteiger partial charge is 0.212 e. The number of nitrogens with one attached hydrogen (secondary N) is 1. The Labute approximate surface area is 82.1 Å². The van der Waals surface area contributed by atoms with Gasteiger partial charge in [0.25, 0.3) is 0 Å². The summed E-state index contributed by atoms with van der Waals surface area (Å²) < 4.78 is 5.10. The zero-order valence-corrected chi connectivity index (χ0v) is 7.79. The Morgan fingerprint density at radius 3 is 2.54 bits per heavy atom. The standard InChI is InChI=1S/C9H10N2OS/c10-7-1-3-8(4-2-7)12-9(11)5-6-13/h1-6,11,13H,10H2/b6-5-,11-9?. The normalized spacial score (nSPS) is 10.2. The van der Waals surface area contributed by atoms with Crippen LogP contribution in [0.15, 0.2) is 35.7 Å². The van der Waals surface area contributed by atoms with Crippen LogP contribution in [0.2, 0.25) is 0 Å². The number of nitrogen functional groups attached to an aromatic ring is 1. The number of benzene rings is 1. The Hall–Kier alpha value is -1.42. The molecule has 0 radical (unpaired) electrons. The molecule has 1 rings (SSSR count). The maximum Gasteiger partial charge on any atom is 0.212 e. The fourth-order valence-corrected chi connectivity index (χ4v) is 0.900. The Kier molecular flexibility index (Phi) is 3.40. The fourth-order valence-electron chi connectivity index (χ4n) is 0.765. The minimum absolute atomic E-state index is 0.0415. The Morgan fingerprint density at radius 2 is 2.00 bits per heavy atom. The summed E-state index contributed by atoms with van der Waals surface area (Å²) in [4.78, 5) is 0. The molecule has 0 heterocycles. The highest BCUT2D eigenvalue weighted by Crippen LogP contribution is 2.13. The van der Waals surface area contributed by atoms with Crippen molar-refractivity contribution in [2.75, 3.05) is 5.73 Å². The van der Waals surface area contributed by atoms with Gasteiger partial charge in [0, 0.05) is 11.8 Å². The summed E-state index contributed by atoms with van der Waals surface area (Å²) in [6.45, 7) is 0.